The van der Waals surface area contributed by atoms with Crippen LogP contribution >= 0.6 is 0 Å². The first kappa shape index (κ1) is 16.3. The van der Waals surface area contributed by atoms with E-state index in [2.05, 4.69) is 14.9 Å². The van der Waals surface area contributed by atoms with E-state index >= 15 is 0 Å². The van der Waals surface area contributed by atoms with Crippen molar-refractivity contribution in [3.8, 4) is 5.75 Å². The van der Waals surface area contributed by atoms with Gasteiger partial charge in [0, 0.05) is 19.3 Å². The van der Waals surface area contributed by atoms with Gasteiger partial charge in [-0.05, 0) is 49.1 Å². The SMILES string of the molecule is NC(=NCc1cccc(OCc2ccccn2)c1)N1CCCCC1. The Morgan fingerprint density at radius 2 is 2.00 bits per heavy atom. The first-order chi connectivity index (χ1) is 11.8. The maximum atomic E-state index is 6.11. The molecule has 0 amide bonds. The lowest BCUT2D eigenvalue weighted by Gasteiger charge is -2.27. The molecule has 1 saturated heterocycles. The van der Waals surface area contributed by atoms with E-state index in [1.807, 2.05) is 42.5 Å². The number of nitrogens with two attached hydrogens (primary N) is 1. The van der Waals surface area contributed by atoms with E-state index in [0.717, 1.165) is 30.1 Å². The van der Waals surface area contributed by atoms with Gasteiger partial charge in [0.05, 0.1) is 12.2 Å². The standard InChI is InChI=1S/C19H24N4O/c20-19(23-11-4-1-5-12-23)22-14-16-7-6-9-18(13-16)24-15-17-8-2-3-10-21-17/h2-3,6-10,13H,1,4-5,11-12,14-15H2,(H2,20,22). The van der Waals surface area contributed by atoms with Gasteiger partial charge in [-0.15, -0.1) is 0 Å². The van der Waals surface area contributed by atoms with Crippen LogP contribution in [0.25, 0.3) is 0 Å². The van der Waals surface area contributed by atoms with E-state index in [4.69, 9.17) is 10.5 Å². The average molecular weight is 324 g/mol. The van der Waals surface area contributed by atoms with Crippen LogP contribution in [-0.2, 0) is 13.2 Å². The Hall–Kier alpha value is -2.56. The van der Waals surface area contributed by atoms with Gasteiger partial charge in [0.25, 0.3) is 0 Å². The van der Waals surface area contributed by atoms with Crippen LogP contribution in [0.1, 0.15) is 30.5 Å². The van der Waals surface area contributed by atoms with E-state index in [0.29, 0.717) is 19.1 Å². The van der Waals surface area contributed by atoms with Crippen LogP contribution in [0.5, 0.6) is 5.75 Å². The van der Waals surface area contributed by atoms with Gasteiger partial charge in [0.15, 0.2) is 5.96 Å². The van der Waals surface area contributed by atoms with Gasteiger partial charge < -0.3 is 15.4 Å². The number of aliphatic imine (C=N–C) groups is 1. The largest absolute Gasteiger partial charge is 0.487 e. The van der Waals surface area contributed by atoms with Crippen molar-refractivity contribution in [1.29, 1.82) is 0 Å². The highest BCUT2D eigenvalue weighted by Crippen LogP contribution is 2.16. The molecule has 0 saturated carbocycles. The number of benzene rings is 1. The number of hydrogen-bond donors (Lipinski definition) is 1. The Morgan fingerprint density at radius 1 is 1.12 bits per heavy atom. The molecule has 1 aliphatic rings. The summed E-state index contributed by atoms with van der Waals surface area (Å²) in [5.74, 6) is 1.47. The number of likely N-dealkylation sites (tertiary alicyclic amines) is 1. The Kier molecular flexibility index (Phi) is 5.66. The third kappa shape index (κ3) is 4.72. The molecule has 1 fully saturated rings. The first-order valence-electron chi connectivity index (χ1n) is 8.48. The van der Waals surface area contributed by atoms with Crippen molar-refractivity contribution in [2.75, 3.05) is 13.1 Å². The summed E-state index contributed by atoms with van der Waals surface area (Å²) >= 11 is 0. The van der Waals surface area contributed by atoms with Gasteiger partial charge in [-0.3, -0.25) is 4.98 Å². The van der Waals surface area contributed by atoms with Crippen LogP contribution in [0.2, 0.25) is 0 Å². The van der Waals surface area contributed by atoms with Gasteiger partial charge >= 0.3 is 0 Å². The zero-order chi connectivity index (χ0) is 16.6. The smallest absolute Gasteiger partial charge is 0.191 e. The highest BCUT2D eigenvalue weighted by molar-refractivity contribution is 5.78. The molecule has 2 N–H and O–H groups in total. The summed E-state index contributed by atoms with van der Waals surface area (Å²) in [6.07, 6.45) is 5.47. The second kappa shape index (κ2) is 8.34. The molecule has 0 atom stereocenters. The molecule has 5 nitrogen and oxygen atoms in total. The van der Waals surface area contributed by atoms with Crippen LogP contribution in [0.3, 0.4) is 0 Å². The fourth-order valence-corrected chi connectivity index (χ4v) is 2.77. The van der Waals surface area contributed by atoms with Crippen molar-refractivity contribution in [3.63, 3.8) is 0 Å². The Morgan fingerprint density at radius 3 is 2.79 bits per heavy atom. The number of ether oxygens (including phenoxy) is 1. The van der Waals surface area contributed by atoms with Crippen LogP contribution in [0, 0.1) is 0 Å². The number of pyridine rings is 1. The molecule has 126 valence electrons. The van der Waals surface area contributed by atoms with Crippen molar-refractivity contribution in [3.05, 3.63) is 59.9 Å². The van der Waals surface area contributed by atoms with Crippen LogP contribution in [-0.4, -0.2) is 28.9 Å². The molecule has 2 aromatic rings. The lowest BCUT2D eigenvalue weighted by atomic mass is 10.1. The van der Waals surface area contributed by atoms with Crippen LogP contribution in [0.4, 0.5) is 0 Å². The van der Waals surface area contributed by atoms with Gasteiger partial charge in [-0.2, -0.15) is 0 Å². The summed E-state index contributed by atoms with van der Waals surface area (Å²) in [4.78, 5) is 11.0. The van der Waals surface area contributed by atoms with Gasteiger partial charge in [0.2, 0.25) is 0 Å². The third-order valence-corrected chi connectivity index (χ3v) is 4.11. The zero-order valence-electron chi connectivity index (χ0n) is 13.9. The minimum Gasteiger partial charge on any atom is -0.487 e. The summed E-state index contributed by atoms with van der Waals surface area (Å²) in [5.41, 5.74) is 8.11. The molecule has 1 aromatic carbocycles. The number of hydrogen-bond acceptors (Lipinski definition) is 3. The van der Waals surface area contributed by atoms with Crippen molar-refractivity contribution < 1.29 is 4.74 Å². The Bertz CT molecular complexity index is 666. The van der Waals surface area contributed by atoms with Crippen molar-refractivity contribution in [1.82, 2.24) is 9.88 Å². The maximum absolute atomic E-state index is 6.11. The molecule has 0 spiro atoms. The van der Waals surface area contributed by atoms with E-state index in [1.165, 1.54) is 19.3 Å². The number of nitrogens with zero attached hydrogens (tertiary/aromatic N) is 3. The van der Waals surface area contributed by atoms with E-state index in [9.17, 15) is 0 Å². The number of piperidine rings is 1. The lowest BCUT2D eigenvalue weighted by molar-refractivity contribution is 0.301. The van der Waals surface area contributed by atoms with Gasteiger partial charge in [-0.25, -0.2) is 4.99 Å². The molecular formula is C19H24N4O. The predicted molar refractivity (Wildman–Crippen MR) is 95.8 cm³/mol. The molecule has 0 radical (unpaired) electrons. The quantitative estimate of drug-likeness (QED) is 0.678. The van der Waals surface area contributed by atoms with E-state index < -0.39 is 0 Å². The molecule has 3 rings (SSSR count). The van der Waals surface area contributed by atoms with Gasteiger partial charge in [-0.1, -0.05) is 18.2 Å². The van der Waals surface area contributed by atoms with Gasteiger partial charge in [0.1, 0.15) is 12.4 Å². The molecule has 0 unspecified atom stereocenters. The second-order valence-electron chi connectivity index (χ2n) is 5.98. The monoisotopic (exact) mass is 324 g/mol. The van der Waals surface area contributed by atoms with E-state index in [1.54, 1.807) is 6.20 Å². The molecular weight excluding hydrogens is 300 g/mol. The molecule has 0 aliphatic carbocycles. The highest BCUT2D eigenvalue weighted by Gasteiger charge is 2.11. The molecule has 0 bridgehead atoms. The third-order valence-electron chi connectivity index (χ3n) is 4.11. The molecule has 24 heavy (non-hydrogen) atoms. The topological polar surface area (TPSA) is 63.7 Å². The minimum atomic E-state index is 0.462. The maximum Gasteiger partial charge on any atom is 0.191 e. The second-order valence-corrected chi connectivity index (χ2v) is 5.98. The van der Waals surface area contributed by atoms with Crippen molar-refractivity contribution in [2.45, 2.75) is 32.4 Å². The molecule has 5 heteroatoms. The summed E-state index contributed by atoms with van der Waals surface area (Å²) < 4.78 is 5.80. The Balaban J connectivity index is 1.56. The Labute approximate surface area is 143 Å². The zero-order valence-corrected chi connectivity index (χ0v) is 13.9. The lowest BCUT2D eigenvalue weighted by Crippen LogP contribution is -2.40. The van der Waals surface area contributed by atoms with Crippen LogP contribution in [0.15, 0.2) is 53.7 Å². The predicted octanol–water partition coefficient (Wildman–Crippen LogP) is 2.96. The average Bonchev–Trinajstić information content (AvgIpc) is 2.66. The minimum absolute atomic E-state index is 0.462. The van der Waals surface area contributed by atoms with Crippen molar-refractivity contribution >= 4 is 5.96 Å². The summed E-state index contributed by atoms with van der Waals surface area (Å²) in [7, 11) is 0. The fraction of sp³-hybridized carbons (Fsp3) is 0.368. The summed E-state index contributed by atoms with van der Waals surface area (Å²) in [6, 6.07) is 13.8. The highest BCUT2D eigenvalue weighted by atomic mass is 16.5. The summed E-state index contributed by atoms with van der Waals surface area (Å²) in [5, 5.41) is 0. The number of aromatic nitrogens is 1. The molecule has 1 aliphatic heterocycles. The molecule has 1 aromatic heterocycles. The number of rotatable bonds is 5. The number of guanidine groups is 1. The van der Waals surface area contributed by atoms with Crippen molar-refractivity contribution in [2.24, 2.45) is 10.7 Å². The summed E-state index contributed by atoms with van der Waals surface area (Å²) in [6.45, 7) is 3.07. The van der Waals surface area contributed by atoms with Crippen LogP contribution < -0.4 is 10.5 Å². The normalized spacial score (nSPS) is 15.3. The fourth-order valence-electron chi connectivity index (χ4n) is 2.77. The molecule has 2 heterocycles. The first-order valence-corrected chi connectivity index (χ1v) is 8.48. The van der Waals surface area contributed by atoms with E-state index in [-0.39, 0.29) is 0 Å².